The number of likely N-dealkylation sites (tertiary alicyclic amines) is 1. The number of carbonyl (C=O) groups is 3. The second-order valence-corrected chi connectivity index (χ2v) is 14.9. The smallest absolute Gasteiger partial charge is 0.248 e. The number of aromatic nitrogens is 3. The van der Waals surface area contributed by atoms with Crippen LogP contribution in [0.3, 0.4) is 0 Å². The quantitative estimate of drug-likeness (QED) is 0.300. The molecule has 48 heavy (non-hydrogen) atoms. The molecule has 0 bridgehead atoms. The Balaban J connectivity index is 1.23. The van der Waals surface area contributed by atoms with Gasteiger partial charge in [-0.25, -0.2) is 4.68 Å². The third-order valence-corrected chi connectivity index (χ3v) is 12.1. The number of para-hydroxylation sites is 1. The first kappa shape index (κ1) is 30.6. The average Bonchev–Trinajstić information content (AvgIpc) is 3.64. The van der Waals surface area contributed by atoms with Crippen LogP contribution < -0.4 is 0 Å². The number of nitrogens with zero attached hydrogens (tertiary/aromatic N) is 6. The molecule has 244 valence electrons. The number of benzene rings is 3. The van der Waals surface area contributed by atoms with E-state index in [4.69, 9.17) is 0 Å². The van der Waals surface area contributed by atoms with Gasteiger partial charge in [-0.05, 0) is 30.2 Å². The summed E-state index contributed by atoms with van der Waals surface area (Å²) in [5.41, 5.74) is 3.25. The molecule has 5 heterocycles. The van der Waals surface area contributed by atoms with Crippen molar-refractivity contribution >= 4 is 40.5 Å². The number of aliphatic hydroxyl groups is 1. The summed E-state index contributed by atoms with van der Waals surface area (Å²) in [4.78, 5) is 49.9. The van der Waals surface area contributed by atoms with Crippen LogP contribution in [0.15, 0.2) is 109 Å². The topological polar surface area (TPSA) is 112 Å². The van der Waals surface area contributed by atoms with Gasteiger partial charge in [-0.1, -0.05) is 102 Å². The minimum Gasteiger partial charge on any atom is -0.394 e. The summed E-state index contributed by atoms with van der Waals surface area (Å²) in [5, 5.41) is 19.5. The van der Waals surface area contributed by atoms with Crippen LogP contribution in [-0.4, -0.2) is 87.8 Å². The molecule has 10 nitrogen and oxygen atoms in total. The fourth-order valence-corrected chi connectivity index (χ4v) is 10.3. The number of amides is 3. The lowest BCUT2D eigenvalue weighted by Gasteiger charge is -2.39. The fraction of sp³-hybridized carbons (Fsp3) is 0.324. The Hall–Kier alpha value is -4.74. The highest BCUT2D eigenvalue weighted by Crippen LogP contribution is 2.66. The first-order valence-corrected chi connectivity index (χ1v) is 17.1. The van der Waals surface area contributed by atoms with Crippen molar-refractivity contribution in [3.63, 3.8) is 0 Å². The molecule has 3 amide bonds. The maximum atomic E-state index is 15.1. The van der Waals surface area contributed by atoms with Crippen molar-refractivity contribution in [2.45, 2.75) is 41.7 Å². The Bertz CT molecular complexity index is 1950. The fourth-order valence-electron chi connectivity index (χ4n) is 8.18. The van der Waals surface area contributed by atoms with Gasteiger partial charge in [0, 0.05) is 24.4 Å². The molecule has 3 aromatic carbocycles. The van der Waals surface area contributed by atoms with Crippen LogP contribution in [0.1, 0.15) is 24.1 Å². The van der Waals surface area contributed by atoms with E-state index in [0.29, 0.717) is 19.6 Å². The molecule has 6 atom stereocenters. The molecule has 1 N–H and O–H groups in total. The normalized spacial score (nSPS) is 28.8. The van der Waals surface area contributed by atoms with E-state index in [1.165, 1.54) is 11.8 Å². The molecular formula is C37H36N6O4S. The maximum absolute atomic E-state index is 15.1. The highest BCUT2D eigenvalue weighted by molar-refractivity contribution is 8.02. The summed E-state index contributed by atoms with van der Waals surface area (Å²) >= 11 is 1.54. The number of carbonyl (C=O) groups excluding carboxylic acids is 3. The van der Waals surface area contributed by atoms with Gasteiger partial charge >= 0.3 is 0 Å². The predicted molar refractivity (Wildman–Crippen MR) is 182 cm³/mol. The molecule has 1 aromatic heterocycles. The average molecular weight is 661 g/mol. The highest BCUT2D eigenvalue weighted by atomic mass is 32.2. The molecular weight excluding hydrogens is 625 g/mol. The van der Waals surface area contributed by atoms with E-state index in [1.54, 1.807) is 14.5 Å². The van der Waals surface area contributed by atoms with Crippen molar-refractivity contribution < 1.29 is 19.5 Å². The molecule has 0 radical (unpaired) electrons. The molecule has 1 unspecified atom stereocenters. The zero-order chi connectivity index (χ0) is 33.0. The van der Waals surface area contributed by atoms with Gasteiger partial charge in [-0.2, -0.15) is 0 Å². The number of fused-ring (bicyclic) bond motifs is 3. The summed E-state index contributed by atoms with van der Waals surface area (Å²) in [6, 6.07) is 25.0. The first-order chi connectivity index (χ1) is 23.3. The van der Waals surface area contributed by atoms with E-state index in [2.05, 4.69) is 16.4 Å². The Labute approximate surface area is 282 Å². The predicted octanol–water partition coefficient (Wildman–Crippen LogP) is 3.81. The van der Waals surface area contributed by atoms with Crippen molar-refractivity contribution in [2.75, 3.05) is 19.7 Å². The largest absolute Gasteiger partial charge is 0.394 e. The molecule has 2 saturated heterocycles. The third kappa shape index (κ3) is 4.70. The van der Waals surface area contributed by atoms with Gasteiger partial charge in [-0.15, -0.1) is 16.9 Å². The number of thioether (sulfide) groups is 1. The van der Waals surface area contributed by atoms with E-state index >= 15 is 9.59 Å². The van der Waals surface area contributed by atoms with Gasteiger partial charge in [0.15, 0.2) is 0 Å². The van der Waals surface area contributed by atoms with Crippen LogP contribution in [0.5, 0.6) is 0 Å². The molecule has 4 aromatic rings. The minimum atomic E-state index is -1.05. The number of rotatable bonds is 7. The summed E-state index contributed by atoms with van der Waals surface area (Å²) in [7, 11) is 0. The standard InChI is InChI=1S/C37H36N6O4S/c1-36-18-10-20-40(22-25-12-4-2-5-13-25)33(45)30(36)31-34(46)43(29(23-44)26-14-6-3-7-15-26)32-35(47)41(21-11-19-37(31,32)48-36)24-42-28-17-9-8-16-27(28)38-39-42/h2-19,29-32,44H,20-24H2,1H3/t29-,30-,31+,32?,36+,37+/m1/s1. The molecule has 11 heteroatoms. The Morgan fingerprint density at radius 3 is 2.29 bits per heavy atom. The van der Waals surface area contributed by atoms with Crippen LogP contribution in [0, 0.1) is 11.8 Å². The molecule has 4 aliphatic heterocycles. The summed E-state index contributed by atoms with van der Waals surface area (Å²) < 4.78 is -0.0968. The van der Waals surface area contributed by atoms with Crippen molar-refractivity contribution in [3.05, 3.63) is 120 Å². The van der Waals surface area contributed by atoms with Gasteiger partial charge < -0.3 is 19.8 Å². The Morgan fingerprint density at radius 2 is 1.52 bits per heavy atom. The highest BCUT2D eigenvalue weighted by Gasteiger charge is 2.74. The van der Waals surface area contributed by atoms with Gasteiger partial charge in [0.1, 0.15) is 18.2 Å². The van der Waals surface area contributed by atoms with Crippen molar-refractivity contribution in [2.24, 2.45) is 11.8 Å². The maximum Gasteiger partial charge on any atom is 0.248 e. The van der Waals surface area contributed by atoms with Crippen LogP contribution in [0.25, 0.3) is 11.0 Å². The molecule has 4 aliphatic rings. The van der Waals surface area contributed by atoms with Crippen LogP contribution >= 0.6 is 11.8 Å². The molecule has 1 spiro atoms. The van der Waals surface area contributed by atoms with Crippen molar-refractivity contribution in [3.8, 4) is 0 Å². The van der Waals surface area contributed by atoms with E-state index < -0.39 is 33.4 Å². The summed E-state index contributed by atoms with van der Waals surface area (Å²) in [6.45, 7) is 2.92. The van der Waals surface area contributed by atoms with E-state index in [-0.39, 0.29) is 31.0 Å². The van der Waals surface area contributed by atoms with Gasteiger partial charge in [0.25, 0.3) is 0 Å². The molecule has 0 saturated carbocycles. The zero-order valence-corrected chi connectivity index (χ0v) is 27.3. The minimum absolute atomic E-state index is 0.106. The zero-order valence-electron chi connectivity index (χ0n) is 26.5. The first-order valence-electron chi connectivity index (χ1n) is 16.3. The second kappa shape index (κ2) is 11.7. The third-order valence-electron chi connectivity index (χ3n) is 10.3. The van der Waals surface area contributed by atoms with Crippen LogP contribution in [-0.2, 0) is 27.6 Å². The SMILES string of the molecule is C[C@]12C=CCN(Cc3ccccc3)C(=O)[C@H]1[C@H]1C(=O)N([C@H](CO)c3ccccc3)C3C(=O)N(Cn4nnc5ccccc54)CC=C[C@@]31S2. The van der Waals surface area contributed by atoms with Crippen molar-refractivity contribution in [1.29, 1.82) is 0 Å². The van der Waals surface area contributed by atoms with E-state index in [0.717, 1.165) is 22.2 Å². The lowest BCUT2D eigenvalue weighted by atomic mass is 9.74. The van der Waals surface area contributed by atoms with Gasteiger partial charge in [0.2, 0.25) is 17.7 Å². The van der Waals surface area contributed by atoms with Crippen molar-refractivity contribution in [1.82, 2.24) is 29.7 Å². The summed E-state index contributed by atoms with van der Waals surface area (Å²) in [5.74, 6) is -2.20. The number of aliphatic hydroxyl groups excluding tert-OH is 1. The molecule has 0 aliphatic carbocycles. The number of hydrogen-bond acceptors (Lipinski definition) is 7. The monoisotopic (exact) mass is 660 g/mol. The molecule has 2 fully saturated rings. The van der Waals surface area contributed by atoms with E-state index in [1.807, 2.05) is 115 Å². The van der Waals surface area contributed by atoms with Gasteiger partial charge in [-0.3, -0.25) is 14.4 Å². The van der Waals surface area contributed by atoms with E-state index in [9.17, 15) is 9.90 Å². The Morgan fingerprint density at radius 1 is 0.833 bits per heavy atom. The molecule has 8 rings (SSSR count). The lowest BCUT2D eigenvalue weighted by Crippen LogP contribution is -2.54. The van der Waals surface area contributed by atoms with Crippen LogP contribution in [0.4, 0.5) is 0 Å². The van der Waals surface area contributed by atoms with Gasteiger partial charge in [0.05, 0.1) is 34.7 Å². The summed E-state index contributed by atoms with van der Waals surface area (Å²) in [6.07, 6.45) is 8.04. The van der Waals surface area contributed by atoms with Crippen LogP contribution in [0.2, 0.25) is 0 Å². The second-order valence-electron chi connectivity index (χ2n) is 13.1. The lowest BCUT2D eigenvalue weighted by molar-refractivity contribution is -0.148. The Kier molecular flexibility index (Phi) is 7.48. The number of hydrogen-bond donors (Lipinski definition) is 1.